The standard InChI is InChI=1S/C21H23N7O/c1-14-11-25-20(27-17(10-22)12-23-2)28-18(14)15-4-6-16(7-5-15)19(29)26-13-21(24-3)8-9-21/h4-7,10-12H,8-9,13,22H2,1-2H3,(H,26,29)(H,25,27,28)/b17-10+,23-12?. The van der Waals surface area contributed by atoms with E-state index in [2.05, 4.69) is 30.4 Å². The van der Waals surface area contributed by atoms with Crippen molar-refractivity contribution in [3.63, 3.8) is 0 Å². The van der Waals surface area contributed by atoms with Gasteiger partial charge in [-0.3, -0.25) is 9.79 Å². The van der Waals surface area contributed by atoms with Crippen LogP contribution < -0.4 is 16.4 Å². The minimum absolute atomic E-state index is 0.176. The van der Waals surface area contributed by atoms with Crippen LogP contribution in [0.15, 0.2) is 47.4 Å². The van der Waals surface area contributed by atoms with Gasteiger partial charge in [-0.05, 0) is 24.6 Å². The van der Waals surface area contributed by atoms with Crippen molar-refractivity contribution in [3.8, 4) is 11.3 Å². The quantitative estimate of drug-likeness (QED) is 0.498. The first kappa shape index (κ1) is 20.0. The Morgan fingerprint density at radius 3 is 2.69 bits per heavy atom. The van der Waals surface area contributed by atoms with Gasteiger partial charge >= 0.3 is 0 Å². The Bertz CT molecular complexity index is 999. The Hall–Kier alpha value is -3.73. The second kappa shape index (κ2) is 8.52. The Morgan fingerprint density at radius 1 is 1.38 bits per heavy atom. The highest BCUT2D eigenvalue weighted by Gasteiger charge is 2.50. The van der Waals surface area contributed by atoms with E-state index in [4.69, 9.17) is 12.3 Å². The molecule has 0 radical (unpaired) electrons. The number of aromatic nitrogens is 2. The predicted octanol–water partition coefficient (Wildman–Crippen LogP) is 2.55. The van der Waals surface area contributed by atoms with Crippen LogP contribution in [-0.2, 0) is 0 Å². The summed E-state index contributed by atoms with van der Waals surface area (Å²) in [5, 5.41) is 5.87. The maximum atomic E-state index is 12.3. The van der Waals surface area contributed by atoms with Crippen LogP contribution >= 0.6 is 0 Å². The molecule has 4 N–H and O–H groups in total. The summed E-state index contributed by atoms with van der Waals surface area (Å²) in [5.74, 6) is 0.225. The van der Waals surface area contributed by atoms with E-state index in [1.807, 2.05) is 19.1 Å². The van der Waals surface area contributed by atoms with Crippen LogP contribution in [0.5, 0.6) is 0 Å². The summed E-state index contributed by atoms with van der Waals surface area (Å²) in [5.41, 5.74) is 8.85. The molecule has 1 fully saturated rings. The van der Waals surface area contributed by atoms with Gasteiger partial charge in [0.05, 0.1) is 17.9 Å². The second-order valence-electron chi connectivity index (χ2n) is 6.96. The Labute approximate surface area is 169 Å². The number of aliphatic imine (C=N–C) groups is 1. The lowest BCUT2D eigenvalue weighted by molar-refractivity contribution is 0.0951. The number of amides is 1. The van der Waals surface area contributed by atoms with Gasteiger partial charge in [0.25, 0.3) is 5.91 Å². The van der Waals surface area contributed by atoms with Gasteiger partial charge in [0.1, 0.15) is 0 Å². The normalized spacial score (nSPS) is 15.0. The van der Waals surface area contributed by atoms with Gasteiger partial charge in [0.2, 0.25) is 11.5 Å². The van der Waals surface area contributed by atoms with Crippen LogP contribution in [0.25, 0.3) is 16.1 Å². The third kappa shape index (κ3) is 4.76. The third-order valence-electron chi connectivity index (χ3n) is 4.74. The molecule has 0 bridgehead atoms. The number of anilines is 1. The molecule has 2 aromatic rings. The van der Waals surface area contributed by atoms with Crippen LogP contribution in [0, 0.1) is 13.5 Å². The summed E-state index contributed by atoms with van der Waals surface area (Å²) < 4.78 is 0. The Kier molecular flexibility index (Phi) is 5.88. The van der Waals surface area contributed by atoms with E-state index in [0.717, 1.165) is 29.7 Å². The van der Waals surface area contributed by atoms with Crippen LogP contribution in [0.1, 0.15) is 28.8 Å². The van der Waals surface area contributed by atoms with Crippen LogP contribution in [0.2, 0.25) is 0 Å². The first-order chi connectivity index (χ1) is 14.0. The summed E-state index contributed by atoms with van der Waals surface area (Å²) in [6, 6.07) is 7.21. The molecule has 8 nitrogen and oxygen atoms in total. The summed E-state index contributed by atoms with van der Waals surface area (Å²) >= 11 is 0. The van der Waals surface area contributed by atoms with E-state index >= 15 is 0 Å². The molecule has 0 saturated heterocycles. The number of carbonyl (C=O) groups excluding carboxylic acids is 1. The van der Waals surface area contributed by atoms with Gasteiger partial charge in [0.15, 0.2) is 0 Å². The van der Waals surface area contributed by atoms with Gasteiger partial charge in [-0.2, -0.15) is 0 Å². The average molecular weight is 389 g/mol. The summed E-state index contributed by atoms with van der Waals surface area (Å²) in [4.78, 5) is 28.7. The second-order valence-corrected chi connectivity index (χ2v) is 6.96. The van der Waals surface area contributed by atoms with Gasteiger partial charge in [-0.25, -0.2) is 16.5 Å². The molecule has 1 saturated carbocycles. The number of hydrogen-bond donors (Lipinski definition) is 3. The molecule has 0 spiro atoms. The molecule has 3 rings (SSSR count). The number of rotatable bonds is 7. The van der Waals surface area contributed by atoms with Crippen molar-refractivity contribution in [1.29, 1.82) is 0 Å². The number of allylic oxidation sites excluding steroid dienone is 1. The zero-order valence-electron chi connectivity index (χ0n) is 16.4. The molecule has 1 amide bonds. The van der Waals surface area contributed by atoms with Gasteiger partial charge in [-0.1, -0.05) is 12.1 Å². The lowest BCUT2D eigenvalue weighted by Gasteiger charge is -2.10. The average Bonchev–Trinajstić information content (AvgIpc) is 3.53. The number of hydrogen-bond acceptors (Lipinski definition) is 6. The van der Waals surface area contributed by atoms with Crippen molar-refractivity contribution in [1.82, 2.24) is 15.3 Å². The van der Waals surface area contributed by atoms with Crippen LogP contribution in [0.4, 0.5) is 5.95 Å². The van der Waals surface area contributed by atoms with Crippen LogP contribution in [-0.4, -0.2) is 41.2 Å². The molecule has 1 heterocycles. The summed E-state index contributed by atoms with van der Waals surface area (Å²) in [7, 11) is 1.65. The van der Waals surface area contributed by atoms with Crippen molar-refractivity contribution < 1.29 is 4.79 Å². The van der Waals surface area contributed by atoms with Gasteiger partial charge in [-0.15, -0.1) is 0 Å². The molecule has 1 aliphatic rings. The zero-order chi connectivity index (χ0) is 20.9. The number of benzene rings is 1. The fraction of sp³-hybridized carbons (Fsp3) is 0.286. The highest BCUT2D eigenvalue weighted by atomic mass is 16.1. The minimum atomic E-state index is -0.379. The molecule has 8 heteroatoms. The third-order valence-corrected chi connectivity index (χ3v) is 4.74. The molecule has 0 aliphatic heterocycles. The van der Waals surface area contributed by atoms with Crippen molar-refractivity contribution in [2.75, 3.05) is 18.9 Å². The van der Waals surface area contributed by atoms with E-state index < -0.39 is 0 Å². The number of nitrogens with zero attached hydrogens (tertiary/aromatic N) is 4. The Morgan fingerprint density at radius 2 is 2.10 bits per heavy atom. The van der Waals surface area contributed by atoms with Crippen molar-refractivity contribution in [3.05, 3.63) is 64.9 Å². The molecule has 1 aliphatic carbocycles. The van der Waals surface area contributed by atoms with Crippen molar-refractivity contribution >= 4 is 18.1 Å². The number of nitrogens with two attached hydrogens (primary N) is 1. The number of carbonyl (C=O) groups is 1. The Balaban J connectivity index is 1.74. The first-order valence-corrected chi connectivity index (χ1v) is 9.22. The molecule has 0 unspecified atom stereocenters. The highest BCUT2D eigenvalue weighted by Crippen LogP contribution is 2.39. The maximum Gasteiger partial charge on any atom is 0.251 e. The van der Waals surface area contributed by atoms with E-state index in [-0.39, 0.29) is 11.4 Å². The maximum absolute atomic E-state index is 12.3. The lowest BCUT2D eigenvalue weighted by atomic mass is 10.1. The molecule has 148 valence electrons. The molecule has 0 atom stereocenters. The smallest absolute Gasteiger partial charge is 0.251 e. The molecular formula is C21H23N7O. The van der Waals surface area contributed by atoms with Gasteiger partial charge in [0, 0.05) is 49.6 Å². The summed E-state index contributed by atoms with van der Waals surface area (Å²) in [6.45, 7) is 9.52. The molecule has 1 aromatic carbocycles. The van der Waals surface area contributed by atoms with Crippen molar-refractivity contribution in [2.45, 2.75) is 25.3 Å². The lowest BCUT2D eigenvalue weighted by Crippen LogP contribution is -2.31. The minimum Gasteiger partial charge on any atom is -0.403 e. The van der Waals surface area contributed by atoms with Gasteiger partial charge < -0.3 is 21.2 Å². The van der Waals surface area contributed by atoms with E-state index in [9.17, 15) is 4.79 Å². The van der Waals surface area contributed by atoms with E-state index in [1.54, 1.807) is 31.6 Å². The predicted molar refractivity (Wildman–Crippen MR) is 113 cm³/mol. The van der Waals surface area contributed by atoms with Crippen molar-refractivity contribution in [2.24, 2.45) is 10.7 Å². The van der Waals surface area contributed by atoms with Crippen LogP contribution in [0.3, 0.4) is 0 Å². The molecular weight excluding hydrogens is 366 g/mol. The fourth-order valence-corrected chi connectivity index (χ4v) is 2.78. The largest absolute Gasteiger partial charge is 0.403 e. The highest BCUT2D eigenvalue weighted by molar-refractivity contribution is 5.94. The summed E-state index contributed by atoms with van der Waals surface area (Å²) in [6.07, 6.45) is 6.40. The monoisotopic (exact) mass is 389 g/mol. The van der Waals surface area contributed by atoms with E-state index in [0.29, 0.717) is 23.8 Å². The zero-order valence-corrected chi connectivity index (χ0v) is 16.4. The molecule has 1 aromatic heterocycles. The first-order valence-electron chi connectivity index (χ1n) is 9.22. The number of nitrogens with one attached hydrogen (secondary N) is 2. The molecule has 29 heavy (non-hydrogen) atoms. The topological polar surface area (TPSA) is 110 Å². The van der Waals surface area contributed by atoms with E-state index in [1.165, 1.54) is 6.20 Å². The number of aryl methyl sites for hydroxylation is 1. The SMILES string of the molecule is [C-]#[N+]C1(CNC(=O)c2ccc(-c3nc(N/C(C=NC)=C/N)ncc3C)cc2)CC1. The fourth-order valence-electron chi connectivity index (χ4n) is 2.78.